The minimum atomic E-state index is 0.292. The maximum Gasteiger partial charge on any atom is 0.225 e. The summed E-state index contributed by atoms with van der Waals surface area (Å²) in [4.78, 5) is 13.3. The zero-order valence-corrected chi connectivity index (χ0v) is 8.44. The van der Waals surface area contributed by atoms with E-state index in [-0.39, 0.29) is 0 Å². The van der Waals surface area contributed by atoms with E-state index in [0.29, 0.717) is 18.4 Å². The molecule has 0 aromatic heterocycles. The van der Waals surface area contributed by atoms with Crippen molar-refractivity contribution < 1.29 is 4.79 Å². The van der Waals surface area contributed by atoms with Gasteiger partial charge in [0.15, 0.2) is 0 Å². The highest BCUT2D eigenvalue weighted by Crippen LogP contribution is 2.33. The Hall–Kier alpha value is -1.31. The summed E-state index contributed by atoms with van der Waals surface area (Å²) >= 11 is 0. The molecule has 1 heterocycles. The topological polar surface area (TPSA) is 20.3 Å². The number of β-lactam (4-membered cyclic amide) rings is 1. The summed E-state index contributed by atoms with van der Waals surface area (Å²) < 4.78 is 0. The highest BCUT2D eigenvalue weighted by atomic mass is 16.2. The van der Waals surface area contributed by atoms with Gasteiger partial charge in [-0.3, -0.25) is 4.79 Å². The van der Waals surface area contributed by atoms with Crippen LogP contribution in [0.15, 0.2) is 30.3 Å². The van der Waals surface area contributed by atoms with E-state index in [2.05, 4.69) is 19.1 Å². The molecule has 2 nitrogen and oxygen atoms in total. The second-order valence-corrected chi connectivity index (χ2v) is 3.72. The molecular formula is C12H15NO. The number of rotatable bonds is 3. The first kappa shape index (κ1) is 9.25. The molecule has 0 N–H and O–H groups in total. The average Bonchev–Trinajstić information content (AvgIpc) is 2.24. The first-order chi connectivity index (χ1) is 6.83. The lowest BCUT2D eigenvalue weighted by Crippen LogP contribution is -2.46. The molecule has 0 aliphatic carbocycles. The smallest absolute Gasteiger partial charge is 0.225 e. The SMILES string of the molecule is CCCN1C(=O)CC1c1ccccc1. The van der Waals surface area contributed by atoms with E-state index in [0.717, 1.165) is 13.0 Å². The molecule has 1 aromatic rings. The number of hydrogen-bond donors (Lipinski definition) is 0. The molecule has 0 radical (unpaired) electrons. The molecule has 1 aliphatic rings. The Bertz CT molecular complexity index is 320. The zero-order valence-electron chi connectivity index (χ0n) is 8.44. The third-order valence-corrected chi connectivity index (χ3v) is 2.71. The number of carbonyl (C=O) groups is 1. The van der Waals surface area contributed by atoms with Gasteiger partial charge in [-0.05, 0) is 12.0 Å². The third-order valence-electron chi connectivity index (χ3n) is 2.71. The van der Waals surface area contributed by atoms with Gasteiger partial charge in [-0.15, -0.1) is 0 Å². The van der Waals surface area contributed by atoms with Crippen LogP contribution < -0.4 is 0 Å². The van der Waals surface area contributed by atoms with Crippen LogP contribution >= 0.6 is 0 Å². The van der Waals surface area contributed by atoms with Crippen molar-refractivity contribution in [2.75, 3.05) is 6.54 Å². The minimum absolute atomic E-state index is 0.292. The predicted octanol–water partition coefficient (Wildman–Crippen LogP) is 2.37. The van der Waals surface area contributed by atoms with Crippen molar-refractivity contribution in [3.05, 3.63) is 35.9 Å². The molecule has 1 amide bonds. The quantitative estimate of drug-likeness (QED) is 0.668. The van der Waals surface area contributed by atoms with Gasteiger partial charge in [0.05, 0.1) is 12.5 Å². The number of nitrogens with zero attached hydrogens (tertiary/aromatic N) is 1. The minimum Gasteiger partial charge on any atom is -0.335 e. The maximum absolute atomic E-state index is 11.3. The van der Waals surface area contributed by atoms with Crippen molar-refractivity contribution in [2.45, 2.75) is 25.8 Å². The highest BCUT2D eigenvalue weighted by Gasteiger charge is 2.35. The van der Waals surface area contributed by atoms with Gasteiger partial charge in [0.2, 0.25) is 5.91 Å². The molecule has 0 bridgehead atoms. The highest BCUT2D eigenvalue weighted by molar-refractivity contribution is 5.83. The fourth-order valence-electron chi connectivity index (χ4n) is 1.95. The van der Waals surface area contributed by atoms with Gasteiger partial charge >= 0.3 is 0 Å². The average molecular weight is 189 g/mol. The Balaban J connectivity index is 2.10. The Labute approximate surface area is 84.5 Å². The summed E-state index contributed by atoms with van der Waals surface area (Å²) in [6.45, 7) is 2.99. The Morgan fingerprint density at radius 2 is 2.07 bits per heavy atom. The van der Waals surface area contributed by atoms with E-state index < -0.39 is 0 Å². The third kappa shape index (κ3) is 1.52. The monoisotopic (exact) mass is 189 g/mol. The summed E-state index contributed by atoms with van der Waals surface area (Å²) in [5.74, 6) is 0.292. The molecule has 0 spiro atoms. The Morgan fingerprint density at radius 1 is 1.36 bits per heavy atom. The zero-order chi connectivity index (χ0) is 9.97. The predicted molar refractivity (Wildman–Crippen MR) is 55.8 cm³/mol. The van der Waals surface area contributed by atoms with Crippen molar-refractivity contribution in [2.24, 2.45) is 0 Å². The van der Waals surface area contributed by atoms with E-state index in [1.807, 2.05) is 23.1 Å². The van der Waals surface area contributed by atoms with Gasteiger partial charge < -0.3 is 4.90 Å². The van der Waals surface area contributed by atoms with Gasteiger partial charge in [0, 0.05) is 6.54 Å². The van der Waals surface area contributed by atoms with E-state index in [1.54, 1.807) is 0 Å². The number of hydrogen-bond acceptors (Lipinski definition) is 1. The number of carbonyl (C=O) groups excluding carboxylic acids is 1. The summed E-state index contributed by atoms with van der Waals surface area (Å²) in [6, 6.07) is 10.6. The maximum atomic E-state index is 11.3. The molecule has 1 aromatic carbocycles. The first-order valence-electron chi connectivity index (χ1n) is 5.17. The number of likely N-dealkylation sites (tertiary alicyclic amines) is 1. The van der Waals surface area contributed by atoms with E-state index in [9.17, 15) is 4.79 Å². The molecule has 1 unspecified atom stereocenters. The van der Waals surface area contributed by atoms with Crippen molar-refractivity contribution in [3.8, 4) is 0 Å². The molecule has 1 fully saturated rings. The molecule has 2 rings (SSSR count). The van der Waals surface area contributed by atoms with Crippen LogP contribution in [0.5, 0.6) is 0 Å². The lowest BCUT2D eigenvalue weighted by atomic mass is 9.94. The van der Waals surface area contributed by atoms with E-state index in [4.69, 9.17) is 0 Å². The van der Waals surface area contributed by atoms with E-state index >= 15 is 0 Å². The molecule has 1 atom stereocenters. The fraction of sp³-hybridized carbons (Fsp3) is 0.417. The van der Waals surface area contributed by atoms with Gasteiger partial charge in [0.1, 0.15) is 0 Å². The van der Waals surface area contributed by atoms with Crippen molar-refractivity contribution >= 4 is 5.91 Å². The standard InChI is InChI=1S/C12H15NO/c1-2-8-13-11(9-12(13)14)10-6-4-3-5-7-10/h3-7,11H,2,8-9H2,1H3. The lowest BCUT2D eigenvalue weighted by Gasteiger charge is -2.40. The van der Waals surface area contributed by atoms with Crippen LogP contribution in [0.25, 0.3) is 0 Å². The van der Waals surface area contributed by atoms with Gasteiger partial charge in [-0.25, -0.2) is 0 Å². The Morgan fingerprint density at radius 3 is 2.64 bits per heavy atom. The van der Waals surface area contributed by atoms with Crippen molar-refractivity contribution in [3.63, 3.8) is 0 Å². The fourth-order valence-corrected chi connectivity index (χ4v) is 1.95. The Kier molecular flexibility index (Phi) is 2.53. The number of amides is 1. The summed E-state index contributed by atoms with van der Waals surface area (Å²) in [6.07, 6.45) is 1.72. The first-order valence-corrected chi connectivity index (χ1v) is 5.17. The summed E-state index contributed by atoms with van der Waals surface area (Å²) in [7, 11) is 0. The molecule has 14 heavy (non-hydrogen) atoms. The van der Waals surface area contributed by atoms with Crippen LogP contribution in [0.3, 0.4) is 0 Å². The van der Waals surface area contributed by atoms with Crippen LogP contribution in [-0.4, -0.2) is 17.4 Å². The van der Waals surface area contributed by atoms with Crippen LogP contribution in [0.1, 0.15) is 31.4 Å². The van der Waals surface area contributed by atoms with Crippen LogP contribution in [-0.2, 0) is 4.79 Å². The largest absolute Gasteiger partial charge is 0.335 e. The van der Waals surface area contributed by atoms with Crippen molar-refractivity contribution in [1.82, 2.24) is 4.90 Å². The molecule has 1 aliphatic heterocycles. The molecule has 74 valence electrons. The molecule has 2 heteroatoms. The molecular weight excluding hydrogens is 174 g/mol. The van der Waals surface area contributed by atoms with Gasteiger partial charge in [-0.1, -0.05) is 37.3 Å². The summed E-state index contributed by atoms with van der Waals surface area (Å²) in [5.41, 5.74) is 1.26. The second-order valence-electron chi connectivity index (χ2n) is 3.72. The molecule has 0 saturated carbocycles. The van der Waals surface area contributed by atoms with Crippen LogP contribution in [0, 0.1) is 0 Å². The summed E-state index contributed by atoms with van der Waals surface area (Å²) in [5, 5.41) is 0. The second kappa shape index (κ2) is 3.82. The van der Waals surface area contributed by atoms with Crippen LogP contribution in [0.2, 0.25) is 0 Å². The molecule has 1 saturated heterocycles. The lowest BCUT2D eigenvalue weighted by molar-refractivity contribution is -0.146. The van der Waals surface area contributed by atoms with Crippen LogP contribution in [0.4, 0.5) is 0 Å². The normalized spacial score (nSPS) is 20.8. The number of benzene rings is 1. The van der Waals surface area contributed by atoms with Crippen molar-refractivity contribution in [1.29, 1.82) is 0 Å². The van der Waals surface area contributed by atoms with Gasteiger partial charge in [-0.2, -0.15) is 0 Å². The van der Waals surface area contributed by atoms with Gasteiger partial charge in [0.25, 0.3) is 0 Å². The van der Waals surface area contributed by atoms with E-state index in [1.165, 1.54) is 5.56 Å².